The zero-order valence-electron chi connectivity index (χ0n) is 10.9. The first kappa shape index (κ1) is 12.4. The van der Waals surface area contributed by atoms with E-state index < -0.39 is 0 Å². The number of anilines is 2. The average Bonchev–Trinajstić information content (AvgIpc) is 2.93. The molecule has 2 saturated heterocycles. The van der Waals surface area contributed by atoms with Crippen LogP contribution in [-0.2, 0) is 4.74 Å². The molecular formula is C12H19N5O2. The van der Waals surface area contributed by atoms with Crippen LogP contribution in [0.4, 0.5) is 11.9 Å². The first-order valence-corrected chi connectivity index (χ1v) is 6.82. The standard InChI is InChI=1S/C12H19N5O2/c13-10-14-11(17-5-1-2-6-17)16-12(15-10)19-9-3-7-18-8-4-9/h9H,1-8H2,(H2,13,14,15,16). The summed E-state index contributed by atoms with van der Waals surface area (Å²) in [6.07, 6.45) is 4.18. The van der Waals surface area contributed by atoms with E-state index in [9.17, 15) is 0 Å². The third-order valence-electron chi connectivity index (χ3n) is 3.45. The van der Waals surface area contributed by atoms with Gasteiger partial charge in [0, 0.05) is 25.9 Å². The molecule has 2 aliphatic heterocycles. The van der Waals surface area contributed by atoms with E-state index in [4.69, 9.17) is 15.2 Å². The van der Waals surface area contributed by atoms with E-state index >= 15 is 0 Å². The van der Waals surface area contributed by atoms with Crippen LogP contribution in [0.25, 0.3) is 0 Å². The molecule has 7 heteroatoms. The minimum absolute atomic E-state index is 0.113. The molecule has 0 spiro atoms. The predicted molar refractivity (Wildman–Crippen MR) is 70.2 cm³/mol. The lowest BCUT2D eigenvalue weighted by Gasteiger charge is -2.23. The van der Waals surface area contributed by atoms with Crippen molar-refractivity contribution in [3.8, 4) is 6.01 Å². The van der Waals surface area contributed by atoms with Crippen LogP contribution in [-0.4, -0.2) is 47.4 Å². The second kappa shape index (κ2) is 5.56. The van der Waals surface area contributed by atoms with Gasteiger partial charge in [0.15, 0.2) is 0 Å². The van der Waals surface area contributed by atoms with Crippen LogP contribution >= 0.6 is 0 Å². The number of nitrogens with two attached hydrogens (primary N) is 1. The Morgan fingerprint density at radius 3 is 2.58 bits per heavy atom. The molecule has 0 amide bonds. The van der Waals surface area contributed by atoms with Crippen molar-refractivity contribution < 1.29 is 9.47 Å². The highest BCUT2D eigenvalue weighted by Gasteiger charge is 2.20. The molecule has 0 radical (unpaired) electrons. The zero-order chi connectivity index (χ0) is 13.1. The zero-order valence-corrected chi connectivity index (χ0v) is 10.9. The highest BCUT2D eigenvalue weighted by atomic mass is 16.5. The summed E-state index contributed by atoms with van der Waals surface area (Å²) in [6.45, 7) is 3.40. The predicted octanol–water partition coefficient (Wildman–Crippen LogP) is 0.612. The first-order chi connectivity index (χ1) is 9.31. The Labute approximate surface area is 112 Å². The third-order valence-corrected chi connectivity index (χ3v) is 3.45. The van der Waals surface area contributed by atoms with Gasteiger partial charge in [0.05, 0.1) is 13.2 Å². The number of aromatic nitrogens is 3. The molecule has 0 bridgehead atoms. The Hall–Kier alpha value is -1.63. The number of rotatable bonds is 3. The Bertz CT molecular complexity index is 430. The van der Waals surface area contributed by atoms with Crippen LogP contribution < -0.4 is 15.4 Å². The van der Waals surface area contributed by atoms with Crippen molar-refractivity contribution in [2.75, 3.05) is 36.9 Å². The van der Waals surface area contributed by atoms with Crippen molar-refractivity contribution in [2.24, 2.45) is 0 Å². The van der Waals surface area contributed by atoms with Gasteiger partial charge >= 0.3 is 6.01 Å². The molecule has 0 unspecified atom stereocenters. The second-order valence-electron chi connectivity index (χ2n) is 4.90. The molecule has 3 rings (SSSR count). The summed E-state index contributed by atoms with van der Waals surface area (Å²) in [5, 5.41) is 0. The van der Waals surface area contributed by atoms with Crippen molar-refractivity contribution >= 4 is 11.9 Å². The molecule has 1 aromatic rings. The van der Waals surface area contributed by atoms with E-state index in [1.54, 1.807) is 0 Å². The van der Waals surface area contributed by atoms with Crippen LogP contribution in [0.1, 0.15) is 25.7 Å². The topological polar surface area (TPSA) is 86.4 Å². The molecule has 3 heterocycles. The average molecular weight is 265 g/mol. The van der Waals surface area contributed by atoms with Crippen molar-refractivity contribution in [1.29, 1.82) is 0 Å². The number of nitrogens with zero attached hydrogens (tertiary/aromatic N) is 4. The highest BCUT2D eigenvalue weighted by molar-refractivity contribution is 5.36. The van der Waals surface area contributed by atoms with Crippen LogP contribution in [0.2, 0.25) is 0 Å². The molecule has 2 aliphatic rings. The van der Waals surface area contributed by atoms with Crippen molar-refractivity contribution in [3.63, 3.8) is 0 Å². The molecule has 104 valence electrons. The van der Waals surface area contributed by atoms with Gasteiger partial charge in [-0.2, -0.15) is 15.0 Å². The summed E-state index contributed by atoms with van der Waals surface area (Å²) in [4.78, 5) is 14.7. The van der Waals surface area contributed by atoms with Gasteiger partial charge in [0.1, 0.15) is 6.10 Å². The molecule has 0 aliphatic carbocycles. The fourth-order valence-electron chi connectivity index (χ4n) is 2.42. The van der Waals surface area contributed by atoms with Gasteiger partial charge in [0.25, 0.3) is 0 Å². The van der Waals surface area contributed by atoms with Gasteiger partial charge in [0.2, 0.25) is 11.9 Å². The van der Waals surface area contributed by atoms with Crippen LogP contribution in [0, 0.1) is 0 Å². The molecule has 0 saturated carbocycles. The number of nitrogen functional groups attached to an aromatic ring is 1. The van der Waals surface area contributed by atoms with Crippen molar-refractivity contribution in [2.45, 2.75) is 31.8 Å². The summed E-state index contributed by atoms with van der Waals surface area (Å²) in [6, 6.07) is 0.335. The van der Waals surface area contributed by atoms with Gasteiger partial charge < -0.3 is 20.1 Å². The molecule has 2 fully saturated rings. The normalized spacial score (nSPS) is 20.7. The van der Waals surface area contributed by atoms with E-state index in [0.29, 0.717) is 12.0 Å². The molecule has 0 atom stereocenters. The quantitative estimate of drug-likeness (QED) is 0.856. The summed E-state index contributed by atoms with van der Waals surface area (Å²) < 4.78 is 11.1. The van der Waals surface area contributed by atoms with E-state index in [1.807, 2.05) is 0 Å². The SMILES string of the molecule is Nc1nc(OC2CCOCC2)nc(N2CCCC2)n1. The maximum Gasteiger partial charge on any atom is 0.323 e. The van der Waals surface area contributed by atoms with Crippen molar-refractivity contribution in [1.82, 2.24) is 15.0 Å². The minimum atomic E-state index is 0.113. The van der Waals surface area contributed by atoms with Gasteiger partial charge in [-0.25, -0.2) is 0 Å². The Morgan fingerprint density at radius 2 is 1.84 bits per heavy atom. The lowest BCUT2D eigenvalue weighted by molar-refractivity contribution is 0.0217. The summed E-state index contributed by atoms with van der Waals surface area (Å²) >= 11 is 0. The molecule has 7 nitrogen and oxygen atoms in total. The largest absolute Gasteiger partial charge is 0.460 e. The van der Waals surface area contributed by atoms with Crippen molar-refractivity contribution in [3.05, 3.63) is 0 Å². The van der Waals surface area contributed by atoms with Gasteiger partial charge in [-0.05, 0) is 12.8 Å². The van der Waals surface area contributed by atoms with Gasteiger partial charge in [-0.15, -0.1) is 0 Å². The molecule has 1 aromatic heterocycles. The van der Waals surface area contributed by atoms with E-state index in [1.165, 1.54) is 12.8 Å². The fourth-order valence-corrected chi connectivity index (χ4v) is 2.42. The summed E-state index contributed by atoms with van der Waals surface area (Å²) in [5.74, 6) is 0.853. The monoisotopic (exact) mass is 265 g/mol. The Kier molecular flexibility index (Phi) is 3.63. The van der Waals surface area contributed by atoms with Gasteiger partial charge in [-0.3, -0.25) is 0 Å². The Morgan fingerprint density at radius 1 is 1.11 bits per heavy atom. The van der Waals surface area contributed by atoms with Gasteiger partial charge in [-0.1, -0.05) is 0 Å². The van der Waals surface area contributed by atoms with E-state index in [2.05, 4.69) is 19.9 Å². The van der Waals surface area contributed by atoms with Crippen LogP contribution in [0.15, 0.2) is 0 Å². The summed E-state index contributed by atoms with van der Waals surface area (Å²) in [5.41, 5.74) is 5.74. The number of ether oxygens (including phenoxy) is 2. The number of hydrogen-bond acceptors (Lipinski definition) is 7. The maximum absolute atomic E-state index is 5.79. The van der Waals surface area contributed by atoms with Crippen LogP contribution in [0.5, 0.6) is 6.01 Å². The molecular weight excluding hydrogens is 246 g/mol. The third kappa shape index (κ3) is 3.04. The lowest BCUT2D eigenvalue weighted by Crippen LogP contribution is -2.27. The maximum atomic E-state index is 5.79. The fraction of sp³-hybridized carbons (Fsp3) is 0.750. The smallest absolute Gasteiger partial charge is 0.323 e. The molecule has 2 N–H and O–H groups in total. The van der Waals surface area contributed by atoms with Crippen LogP contribution in [0.3, 0.4) is 0 Å². The van der Waals surface area contributed by atoms with E-state index in [0.717, 1.165) is 39.1 Å². The summed E-state index contributed by atoms with van der Waals surface area (Å²) in [7, 11) is 0. The highest BCUT2D eigenvalue weighted by Crippen LogP contribution is 2.20. The molecule has 19 heavy (non-hydrogen) atoms. The Balaban J connectivity index is 1.73. The van der Waals surface area contributed by atoms with E-state index in [-0.39, 0.29) is 12.1 Å². The molecule has 0 aromatic carbocycles. The number of hydrogen-bond donors (Lipinski definition) is 1. The lowest BCUT2D eigenvalue weighted by atomic mass is 10.2. The first-order valence-electron chi connectivity index (χ1n) is 6.82. The minimum Gasteiger partial charge on any atom is -0.460 e. The second-order valence-corrected chi connectivity index (χ2v) is 4.90.